The number of sulfonamides is 1. The molecule has 2 aromatic rings. The fraction of sp³-hybridized carbons (Fsp3) is 0.435. The van der Waals surface area contributed by atoms with Crippen molar-refractivity contribution in [2.24, 2.45) is 0 Å². The van der Waals surface area contributed by atoms with Crippen molar-refractivity contribution in [3.63, 3.8) is 0 Å². The molecule has 1 atom stereocenters. The van der Waals surface area contributed by atoms with E-state index < -0.39 is 33.8 Å². The number of hydrogen-bond donors (Lipinski definition) is 1. The van der Waals surface area contributed by atoms with Crippen LogP contribution in [0.4, 0.5) is 5.00 Å². The second-order valence-corrected chi connectivity index (χ2v) is 11.1. The third-order valence-corrected chi connectivity index (χ3v) is 8.98. The summed E-state index contributed by atoms with van der Waals surface area (Å²) in [5.41, 5.74) is 2.12. The monoisotopic (exact) mass is 490 g/mol. The van der Waals surface area contributed by atoms with Crippen molar-refractivity contribution in [2.75, 3.05) is 11.9 Å². The van der Waals surface area contributed by atoms with Crippen molar-refractivity contribution >= 4 is 44.1 Å². The summed E-state index contributed by atoms with van der Waals surface area (Å²) in [5.74, 6) is -1.74. The molecule has 0 radical (unpaired) electrons. The van der Waals surface area contributed by atoms with Gasteiger partial charge in [-0.05, 0) is 63.6 Å². The zero-order chi connectivity index (χ0) is 23.8. The maximum Gasteiger partial charge on any atom is 0.341 e. The summed E-state index contributed by atoms with van der Waals surface area (Å²) in [6.07, 6.45) is 3.53. The Morgan fingerprint density at radius 3 is 2.55 bits per heavy atom. The first-order valence-corrected chi connectivity index (χ1v) is 13.3. The topological polar surface area (TPSA) is 110 Å². The Hall–Kier alpha value is -2.72. The fourth-order valence-electron chi connectivity index (χ4n) is 4.29. The molecule has 8 nitrogen and oxygen atoms in total. The molecule has 2 heterocycles. The van der Waals surface area contributed by atoms with E-state index in [1.54, 1.807) is 19.1 Å². The molecule has 33 heavy (non-hydrogen) atoms. The van der Waals surface area contributed by atoms with E-state index in [1.807, 2.05) is 6.92 Å². The van der Waals surface area contributed by atoms with Gasteiger partial charge in [-0.3, -0.25) is 9.59 Å². The number of rotatable bonds is 6. The molecule has 1 aromatic carbocycles. The number of anilines is 1. The highest BCUT2D eigenvalue weighted by molar-refractivity contribution is 7.89. The molecule has 0 saturated carbocycles. The van der Waals surface area contributed by atoms with E-state index >= 15 is 0 Å². The maximum atomic E-state index is 13.2. The van der Waals surface area contributed by atoms with E-state index in [1.165, 1.54) is 23.5 Å². The normalized spacial score (nSPS) is 18.2. The lowest BCUT2D eigenvalue weighted by molar-refractivity contribution is -0.128. The largest absolute Gasteiger partial charge is 0.462 e. The Bertz CT molecular complexity index is 1200. The van der Waals surface area contributed by atoms with Crippen LogP contribution in [0, 0.1) is 6.92 Å². The summed E-state index contributed by atoms with van der Waals surface area (Å²) in [6.45, 7) is 3.75. The van der Waals surface area contributed by atoms with Gasteiger partial charge in [-0.15, -0.1) is 11.3 Å². The number of ether oxygens (including phenoxy) is 1. The van der Waals surface area contributed by atoms with Crippen molar-refractivity contribution in [3.8, 4) is 0 Å². The zero-order valence-electron chi connectivity index (χ0n) is 18.5. The van der Waals surface area contributed by atoms with E-state index in [0.29, 0.717) is 14.9 Å². The summed E-state index contributed by atoms with van der Waals surface area (Å²) >= 11 is 1.33. The van der Waals surface area contributed by atoms with Crippen LogP contribution < -0.4 is 5.32 Å². The van der Waals surface area contributed by atoms with E-state index in [2.05, 4.69) is 5.32 Å². The number of esters is 1. The van der Waals surface area contributed by atoms with Crippen molar-refractivity contribution in [1.29, 1.82) is 0 Å². The molecule has 0 unspecified atom stereocenters. The van der Waals surface area contributed by atoms with Crippen LogP contribution in [0.15, 0.2) is 29.2 Å². The smallest absolute Gasteiger partial charge is 0.341 e. The average Bonchev–Trinajstić information content (AvgIpc) is 3.34. The van der Waals surface area contributed by atoms with Crippen LogP contribution in [0.25, 0.3) is 0 Å². The molecule has 4 rings (SSSR count). The first kappa shape index (κ1) is 23.4. The summed E-state index contributed by atoms with van der Waals surface area (Å²) in [7, 11) is -4.19. The first-order valence-electron chi connectivity index (χ1n) is 11.0. The van der Waals surface area contributed by atoms with Gasteiger partial charge in [0.1, 0.15) is 11.0 Å². The Kier molecular flexibility index (Phi) is 6.58. The predicted octanol–water partition coefficient (Wildman–Crippen LogP) is 3.43. The van der Waals surface area contributed by atoms with Gasteiger partial charge in [0.25, 0.3) is 10.0 Å². The number of amides is 2. The highest BCUT2D eigenvalue weighted by Gasteiger charge is 2.44. The molecule has 0 spiro atoms. The molecule has 2 aliphatic rings. The van der Waals surface area contributed by atoms with E-state index in [-0.39, 0.29) is 24.3 Å². The highest BCUT2D eigenvalue weighted by Crippen LogP contribution is 2.39. The van der Waals surface area contributed by atoms with Crippen LogP contribution in [0.5, 0.6) is 0 Å². The Labute approximate surface area is 197 Å². The number of benzene rings is 1. The Morgan fingerprint density at radius 2 is 1.85 bits per heavy atom. The van der Waals surface area contributed by atoms with Gasteiger partial charge in [-0.25, -0.2) is 17.5 Å². The standard InChI is InChI=1S/C23H26N2O6S2/c1-3-31-23(28)20-16-6-4-5-7-18(16)32-22(20)24-21(27)17-12-13-19(26)25(17)33(29,30)15-10-8-14(2)9-11-15/h8-11,17H,3-7,12-13H2,1-2H3,(H,24,27)/t17-/m0/s1. The highest BCUT2D eigenvalue weighted by atomic mass is 32.2. The Balaban J connectivity index is 1.64. The molecule has 1 aliphatic carbocycles. The van der Waals surface area contributed by atoms with Crippen LogP contribution >= 0.6 is 11.3 Å². The van der Waals surface area contributed by atoms with Gasteiger partial charge in [0.2, 0.25) is 11.8 Å². The number of nitrogens with one attached hydrogen (secondary N) is 1. The molecule has 2 amide bonds. The van der Waals surface area contributed by atoms with Gasteiger partial charge >= 0.3 is 5.97 Å². The lowest BCUT2D eigenvalue weighted by Crippen LogP contribution is -2.45. The Morgan fingerprint density at radius 1 is 1.15 bits per heavy atom. The van der Waals surface area contributed by atoms with Crippen LogP contribution in [0.2, 0.25) is 0 Å². The van der Waals surface area contributed by atoms with Gasteiger partial charge in [0.15, 0.2) is 0 Å². The molecular formula is C23H26N2O6S2. The molecule has 1 aliphatic heterocycles. The summed E-state index contributed by atoms with van der Waals surface area (Å²) in [6, 6.07) is 4.96. The molecule has 1 fully saturated rings. The number of fused-ring (bicyclic) bond motifs is 1. The summed E-state index contributed by atoms with van der Waals surface area (Å²) in [4.78, 5) is 39.4. The van der Waals surface area contributed by atoms with Crippen molar-refractivity contribution in [1.82, 2.24) is 4.31 Å². The summed E-state index contributed by atoms with van der Waals surface area (Å²) in [5, 5.41) is 3.11. The first-order chi connectivity index (χ1) is 15.7. The summed E-state index contributed by atoms with van der Waals surface area (Å²) < 4.78 is 32.3. The van der Waals surface area contributed by atoms with Crippen molar-refractivity contribution < 1.29 is 27.5 Å². The minimum absolute atomic E-state index is 0.0417. The van der Waals surface area contributed by atoms with Crippen LogP contribution in [-0.4, -0.2) is 43.2 Å². The lowest BCUT2D eigenvalue weighted by atomic mass is 9.95. The SMILES string of the molecule is CCOC(=O)c1c(NC(=O)[C@@H]2CCC(=O)N2S(=O)(=O)c2ccc(C)cc2)sc2c1CCCC2. The second-order valence-electron chi connectivity index (χ2n) is 8.19. The van der Waals surface area contributed by atoms with Gasteiger partial charge in [0.05, 0.1) is 17.1 Å². The second kappa shape index (κ2) is 9.26. The van der Waals surface area contributed by atoms with Gasteiger partial charge in [-0.1, -0.05) is 17.7 Å². The van der Waals surface area contributed by atoms with Crippen LogP contribution in [0.1, 0.15) is 59.0 Å². The van der Waals surface area contributed by atoms with Crippen molar-refractivity contribution in [3.05, 3.63) is 45.8 Å². The fourth-order valence-corrected chi connectivity index (χ4v) is 7.18. The number of nitrogens with zero attached hydrogens (tertiary/aromatic N) is 1. The van der Waals surface area contributed by atoms with Gasteiger partial charge in [0, 0.05) is 11.3 Å². The molecule has 176 valence electrons. The van der Waals surface area contributed by atoms with Gasteiger partial charge < -0.3 is 10.1 Å². The van der Waals surface area contributed by atoms with Crippen molar-refractivity contribution in [2.45, 2.75) is 63.3 Å². The zero-order valence-corrected chi connectivity index (χ0v) is 20.2. The molecule has 1 N–H and O–H groups in total. The van der Waals surface area contributed by atoms with E-state index in [9.17, 15) is 22.8 Å². The molecule has 1 aromatic heterocycles. The van der Waals surface area contributed by atoms with Gasteiger partial charge in [-0.2, -0.15) is 0 Å². The average molecular weight is 491 g/mol. The minimum atomic E-state index is -4.19. The van der Waals surface area contributed by atoms with Crippen LogP contribution in [-0.2, 0) is 37.2 Å². The molecular weight excluding hydrogens is 464 g/mol. The maximum absolute atomic E-state index is 13.2. The third kappa shape index (κ3) is 4.41. The molecule has 1 saturated heterocycles. The minimum Gasteiger partial charge on any atom is -0.462 e. The van der Waals surface area contributed by atoms with Crippen LogP contribution in [0.3, 0.4) is 0 Å². The number of aryl methyl sites for hydroxylation is 2. The number of carbonyl (C=O) groups is 3. The molecule has 0 bridgehead atoms. The van der Waals surface area contributed by atoms with E-state index in [4.69, 9.17) is 4.74 Å². The number of carbonyl (C=O) groups excluding carboxylic acids is 3. The molecule has 10 heteroatoms. The number of thiophene rings is 1. The quantitative estimate of drug-likeness (QED) is 0.622. The third-order valence-electron chi connectivity index (χ3n) is 5.93. The number of hydrogen-bond acceptors (Lipinski definition) is 7. The lowest BCUT2D eigenvalue weighted by Gasteiger charge is -2.23. The van der Waals surface area contributed by atoms with E-state index in [0.717, 1.165) is 41.7 Å². The predicted molar refractivity (Wildman–Crippen MR) is 124 cm³/mol.